The maximum atomic E-state index is 12.6. The van der Waals surface area contributed by atoms with Crippen LogP contribution in [0.4, 0.5) is 5.82 Å². The fourth-order valence-corrected chi connectivity index (χ4v) is 3.62. The van der Waals surface area contributed by atoms with Gasteiger partial charge in [-0.15, -0.1) is 0 Å². The van der Waals surface area contributed by atoms with E-state index in [0.29, 0.717) is 29.9 Å². The van der Waals surface area contributed by atoms with E-state index < -0.39 is 17.5 Å². The number of benzene rings is 2. The number of ether oxygens (including phenoxy) is 3. The summed E-state index contributed by atoms with van der Waals surface area (Å²) >= 11 is 0. The number of hydrogen-bond acceptors (Lipinski definition) is 7. The lowest BCUT2D eigenvalue weighted by Gasteiger charge is -2.27. The zero-order valence-corrected chi connectivity index (χ0v) is 18.1. The SMILES string of the molecule is COc1ccc(OC[C@]2(CO)CC[C@H](n3ccc(NC(=O)c4ccccc4)nc3=O)O2)cc1. The molecule has 1 saturated heterocycles. The monoisotopic (exact) mass is 451 g/mol. The van der Waals surface area contributed by atoms with Gasteiger partial charge >= 0.3 is 5.69 Å². The van der Waals surface area contributed by atoms with Crippen LogP contribution >= 0.6 is 0 Å². The summed E-state index contributed by atoms with van der Waals surface area (Å²) in [5, 5.41) is 12.6. The number of methoxy groups -OCH3 is 1. The largest absolute Gasteiger partial charge is 0.497 e. The van der Waals surface area contributed by atoms with Crippen molar-refractivity contribution in [3.63, 3.8) is 0 Å². The van der Waals surface area contributed by atoms with E-state index in [1.807, 2.05) is 6.07 Å². The van der Waals surface area contributed by atoms with E-state index >= 15 is 0 Å². The van der Waals surface area contributed by atoms with Gasteiger partial charge in [0.05, 0.1) is 13.7 Å². The van der Waals surface area contributed by atoms with Gasteiger partial charge in [-0.25, -0.2) is 4.79 Å². The van der Waals surface area contributed by atoms with Gasteiger partial charge in [-0.2, -0.15) is 4.98 Å². The van der Waals surface area contributed by atoms with E-state index in [1.165, 1.54) is 10.8 Å². The molecule has 2 atom stereocenters. The molecule has 4 rings (SSSR count). The van der Waals surface area contributed by atoms with Crippen LogP contribution in [-0.2, 0) is 4.74 Å². The molecule has 2 aromatic carbocycles. The lowest BCUT2D eigenvalue weighted by Crippen LogP contribution is -2.40. The number of carbonyl (C=O) groups is 1. The topological polar surface area (TPSA) is 112 Å². The minimum absolute atomic E-state index is 0.125. The van der Waals surface area contributed by atoms with Crippen molar-refractivity contribution in [1.82, 2.24) is 9.55 Å². The van der Waals surface area contributed by atoms with Gasteiger partial charge < -0.3 is 24.6 Å². The Morgan fingerprint density at radius 2 is 1.91 bits per heavy atom. The summed E-state index contributed by atoms with van der Waals surface area (Å²) in [5.41, 5.74) is -1.03. The van der Waals surface area contributed by atoms with Crippen LogP contribution in [0.25, 0.3) is 0 Å². The van der Waals surface area contributed by atoms with Crippen LogP contribution in [0.3, 0.4) is 0 Å². The highest BCUT2D eigenvalue weighted by Crippen LogP contribution is 2.36. The van der Waals surface area contributed by atoms with Crippen molar-refractivity contribution in [2.75, 3.05) is 25.6 Å². The number of amides is 1. The molecule has 0 radical (unpaired) electrons. The van der Waals surface area contributed by atoms with Crippen molar-refractivity contribution in [1.29, 1.82) is 0 Å². The smallest absolute Gasteiger partial charge is 0.351 e. The highest BCUT2D eigenvalue weighted by molar-refractivity contribution is 6.03. The first-order valence-electron chi connectivity index (χ1n) is 10.5. The Balaban J connectivity index is 1.40. The highest BCUT2D eigenvalue weighted by atomic mass is 16.6. The lowest BCUT2D eigenvalue weighted by atomic mass is 10.0. The van der Waals surface area contributed by atoms with Crippen molar-refractivity contribution in [3.05, 3.63) is 82.9 Å². The number of nitrogens with zero attached hydrogens (tertiary/aromatic N) is 2. The fraction of sp³-hybridized carbons (Fsp3) is 0.292. The Bertz CT molecular complexity index is 1150. The van der Waals surface area contributed by atoms with Gasteiger partial charge in [0.1, 0.15) is 35.8 Å². The maximum Gasteiger partial charge on any atom is 0.351 e. The molecule has 0 bridgehead atoms. The van der Waals surface area contributed by atoms with Crippen molar-refractivity contribution in [3.8, 4) is 11.5 Å². The number of aliphatic hydroxyl groups excluding tert-OH is 1. The van der Waals surface area contributed by atoms with Crippen LogP contribution in [0.1, 0.15) is 29.4 Å². The van der Waals surface area contributed by atoms with E-state index in [2.05, 4.69) is 10.3 Å². The second-order valence-corrected chi connectivity index (χ2v) is 7.74. The van der Waals surface area contributed by atoms with Crippen LogP contribution in [-0.4, -0.2) is 46.5 Å². The van der Waals surface area contributed by atoms with Crippen molar-refractivity contribution < 1.29 is 24.1 Å². The second-order valence-electron chi connectivity index (χ2n) is 7.74. The highest BCUT2D eigenvalue weighted by Gasteiger charge is 2.42. The molecule has 2 N–H and O–H groups in total. The van der Waals surface area contributed by atoms with Crippen LogP contribution in [0, 0.1) is 0 Å². The third-order valence-electron chi connectivity index (χ3n) is 5.50. The summed E-state index contributed by atoms with van der Waals surface area (Å²) in [4.78, 5) is 28.8. The standard InChI is InChI=1S/C24H25N3O6/c1-31-18-7-9-19(10-8-18)32-16-24(15-28)13-11-21(33-24)27-14-12-20(26-23(27)30)25-22(29)17-5-3-2-4-6-17/h2-10,12,14,21,28H,11,13,15-16H2,1H3,(H,25,26,29,30)/t21-,24-/m1/s1. The number of nitrogens with one attached hydrogen (secondary N) is 1. The first kappa shape index (κ1) is 22.5. The van der Waals surface area contributed by atoms with Crippen LogP contribution in [0.2, 0.25) is 0 Å². The molecule has 0 spiro atoms. The minimum atomic E-state index is -0.940. The van der Waals surface area contributed by atoms with Crippen molar-refractivity contribution in [2.24, 2.45) is 0 Å². The fourth-order valence-electron chi connectivity index (χ4n) is 3.62. The quantitative estimate of drug-likeness (QED) is 0.541. The molecule has 33 heavy (non-hydrogen) atoms. The lowest BCUT2D eigenvalue weighted by molar-refractivity contribution is -0.117. The zero-order valence-electron chi connectivity index (χ0n) is 18.1. The average Bonchev–Trinajstić information content (AvgIpc) is 3.28. The molecule has 0 unspecified atom stereocenters. The molecule has 172 valence electrons. The molecule has 1 aliphatic heterocycles. The van der Waals surface area contributed by atoms with E-state index in [-0.39, 0.29) is 24.9 Å². The summed E-state index contributed by atoms with van der Waals surface area (Å²) in [6, 6.07) is 17.3. The normalized spacial score (nSPS) is 19.8. The predicted octanol–water partition coefficient (Wildman–Crippen LogP) is 2.62. The first-order chi connectivity index (χ1) is 16.0. The third kappa shape index (κ3) is 5.21. The zero-order chi connectivity index (χ0) is 23.3. The molecule has 2 heterocycles. The molecule has 1 amide bonds. The average molecular weight is 451 g/mol. The summed E-state index contributed by atoms with van der Waals surface area (Å²) in [7, 11) is 1.59. The van der Waals surface area contributed by atoms with Gasteiger partial charge in [-0.05, 0) is 55.3 Å². The number of anilines is 1. The molecular formula is C24H25N3O6. The number of hydrogen-bond donors (Lipinski definition) is 2. The van der Waals surface area contributed by atoms with Gasteiger partial charge in [0.15, 0.2) is 0 Å². The minimum Gasteiger partial charge on any atom is -0.497 e. The van der Waals surface area contributed by atoms with E-state index in [9.17, 15) is 14.7 Å². The number of aliphatic hydroxyl groups is 1. The van der Waals surface area contributed by atoms with E-state index in [0.717, 1.165) is 0 Å². The van der Waals surface area contributed by atoms with Crippen molar-refractivity contribution in [2.45, 2.75) is 24.7 Å². The molecule has 9 nitrogen and oxygen atoms in total. The second kappa shape index (κ2) is 9.85. The molecule has 0 saturated carbocycles. The van der Waals surface area contributed by atoms with Gasteiger partial charge in [0.25, 0.3) is 5.91 Å². The molecule has 9 heteroatoms. The predicted molar refractivity (Wildman–Crippen MR) is 121 cm³/mol. The van der Waals surface area contributed by atoms with Crippen LogP contribution < -0.4 is 20.5 Å². The Labute approximate surface area is 190 Å². The van der Waals surface area contributed by atoms with E-state index in [1.54, 1.807) is 61.7 Å². The summed E-state index contributed by atoms with van der Waals surface area (Å²) in [6.45, 7) is -0.132. The molecule has 1 fully saturated rings. The summed E-state index contributed by atoms with van der Waals surface area (Å²) in [5.74, 6) is 1.13. The van der Waals surface area contributed by atoms with Gasteiger partial charge in [0.2, 0.25) is 0 Å². The van der Waals surface area contributed by atoms with Gasteiger partial charge in [-0.1, -0.05) is 18.2 Å². The van der Waals surface area contributed by atoms with Gasteiger partial charge in [-0.3, -0.25) is 9.36 Å². The Kier molecular flexibility index (Phi) is 6.71. The number of carbonyl (C=O) groups excluding carboxylic acids is 1. The third-order valence-corrected chi connectivity index (χ3v) is 5.50. The van der Waals surface area contributed by atoms with Crippen LogP contribution in [0.15, 0.2) is 71.7 Å². The molecule has 3 aromatic rings. The van der Waals surface area contributed by atoms with Crippen LogP contribution in [0.5, 0.6) is 11.5 Å². The van der Waals surface area contributed by atoms with Gasteiger partial charge in [0, 0.05) is 11.8 Å². The first-order valence-corrected chi connectivity index (χ1v) is 10.5. The maximum absolute atomic E-state index is 12.6. The molecule has 0 aliphatic carbocycles. The van der Waals surface area contributed by atoms with Crippen molar-refractivity contribution >= 4 is 11.7 Å². The number of aromatic nitrogens is 2. The summed E-state index contributed by atoms with van der Waals surface area (Å²) < 4.78 is 18.4. The number of rotatable bonds is 8. The molecular weight excluding hydrogens is 426 g/mol. The molecule has 1 aliphatic rings. The Hall–Kier alpha value is -3.69. The summed E-state index contributed by atoms with van der Waals surface area (Å²) in [6.07, 6.45) is 1.93. The Morgan fingerprint density at radius 3 is 2.58 bits per heavy atom. The Morgan fingerprint density at radius 1 is 1.18 bits per heavy atom. The molecule has 1 aromatic heterocycles. The van der Waals surface area contributed by atoms with E-state index in [4.69, 9.17) is 14.2 Å².